The fraction of sp³-hybridized carbons (Fsp3) is 0.800. The SMILES string of the molecule is CCC(C)N1CCN(C(CN)c2cnn(C)c2C)CC1. The van der Waals surface area contributed by atoms with Crippen molar-refractivity contribution in [3.8, 4) is 0 Å². The zero-order chi connectivity index (χ0) is 14.7. The van der Waals surface area contributed by atoms with Crippen molar-refractivity contribution in [3.63, 3.8) is 0 Å². The molecule has 114 valence electrons. The van der Waals surface area contributed by atoms with E-state index in [0.717, 1.165) is 26.2 Å². The van der Waals surface area contributed by atoms with Crippen LogP contribution in [0.3, 0.4) is 0 Å². The van der Waals surface area contributed by atoms with Crippen LogP contribution >= 0.6 is 0 Å². The quantitative estimate of drug-likeness (QED) is 0.878. The van der Waals surface area contributed by atoms with Gasteiger partial charge in [0.1, 0.15) is 0 Å². The first-order valence-electron chi connectivity index (χ1n) is 7.75. The molecule has 0 aromatic carbocycles. The van der Waals surface area contributed by atoms with Crippen LogP contribution in [0.4, 0.5) is 0 Å². The molecule has 0 radical (unpaired) electrons. The highest BCUT2D eigenvalue weighted by atomic mass is 15.3. The Hall–Kier alpha value is -0.910. The van der Waals surface area contributed by atoms with Crippen molar-refractivity contribution in [1.29, 1.82) is 0 Å². The van der Waals surface area contributed by atoms with Gasteiger partial charge in [0.2, 0.25) is 0 Å². The topological polar surface area (TPSA) is 50.3 Å². The van der Waals surface area contributed by atoms with E-state index in [4.69, 9.17) is 5.73 Å². The van der Waals surface area contributed by atoms with E-state index < -0.39 is 0 Å². The second-order valence-electron chi connectivity index (χ2n) is 5.89. The summed E-state index contributed by atoms with van der Waals surface area (Å²) in [6.07, 6.45) is 3.20. The average molecular weight is 279 g/mol. The highest BCUT2D eigenvalue weighted by Gasteiger charge is 2.27. The van der Waals surface area contributed by atoms with Gasteiger partial charge in [0.25, 0.3) is 0 Å². The molecule has 1 fully saturated rings. The third kappa shape index (κ3) is 3.05. The van der Waals surface area contributed by atoms with Crippen molar-refractivity contribution in [2.75, 3.05) is 32.7 Å². The Morgan fingerprint density at radius 1 is 1.25 bits per heavy atom. The Labute approximate surface area is 122 Å². The Kier molecular flexibility index (Phi) is 5.18. The molecule has 2 unspecified atom stereocenters. The van der Waals surface area contributed by atoms with Gasteiger partial charge >= 0.3 is 0 Å². The summed E-state index contributed by atoms with van der Waals surface area (Å²) in [6.45, 7) is 11.9. The largest absolute Gasteiger partial charge is 0.329 e. The number of piperazine rings is 1. The van der Waals surface area contributed by atoms with Gasteiger partial charge in [-0.3, -0.25) is 14.5 Å². The number of aryl methyl sites for hydroxylation is 1. The predicted molar refractivity (Wildman–Crippen MR) is 82.6 cm³/mol. The molecule has 1 aromatic rings. The van der Waals surface area contributed by atoms with Crippen LogP contribution in [0.1, 0.15) is 37.6 Å². The van der Waals surface area contributed by atoms with Crippen molar-refractivity contribution in [2.24, 2.45) is 12.8 Å². The summed E-state index contributed by atoms with van der Waals surface area (Å²) in [7, 11) is 1.99. The van der Waals surface area contributed by atoms with Gasteiger partial charge in [-0.05, 0) is 20.3 Å². The maximum atomic E-state index is 6.04. The zero-order valence-electron chi connectivity index (χ0n) is 13.3. The van der Waals surface area contributed by atoms with Crippen LogP contribution in [0.15, 0.2) is 6.20 Å². The molecule has 1 aromatic heterocycles. The van der Waals surface area contributed by atoms with E-state index >= 15 is 0 Å². The molecule has 0 saturated carbocycles. The van der Waals surface area contributed by atoms with Gasteiger partial charge in [0.05, 0.1) is 12.2 Å². The normalized spacial score (nSPS) is 21.1. The molecular weight excluding hydrogens is 250 g/mol. The molecule has 2 heterocycles. The van der Waals surface area contributed by atoms with Crippen LogP contribution in [0.5, 0.6) is 0 Å². The van der Waals surface area contributed by atoms with Crippen LogP contribution in [-0.2, 0) is 7.05 Å². The van der Waals surface area contributed by atoms with E-state index in [0.29, 0.717) is 18.6 Å². The Morgan fingerprint density at radius 3 is 2.30 bits per heavy atom. The molecule has 2 atom stereocenters. The molecule has 0 bridgehead atoms. The van der Waals surface area contributed by atoms with Gasteiger partial charge in [-0.15, -0.1) is 0 Å². The van der Waals surface area contributed by atoms with E-state index in [1.165, 1.54) is 17.7 Å². The second-order valence-corrected chi connectivity index (χ2v) is 5.89. The van der Waals surface area contributed by atoms with E-state index in [1.807, 2.05) is 17.9 Å². The molecule has 0 aliphatic carbocycles. The molecule has 1 saturated heterocycles. The third-order valence-electron chi connectivity index (χ3n) is 4.86. The lowest BCUT2D eigenvalue weighted by molar-refractivity contribution is 0.0741. The first-order valence-corrected chi connectivity index (χ1v) is 7.75. The van der Waals surface area contributed by atoms with Crippen molar-refractivity contribution in [3.05, 3.63) is 17.5 Å². The first kappa shape index (κ1) is 15.5. The summed E-state index contributed by atoms with van der Waals surface area (Å²) in [5.41, 5.74) is 8.55. The molecule has 2 N–H and O–H groups in total. The molecule has 1 aliphatic heterocycles. The average Bonchev–Trinajstić information content (AvgIpc) is 2.80. The van der Waals surface area contributed by atoms with Gasteiger partial charge in [-0.1, -0.05) is 6.92 Å². The van der Waals surface area contributed by atoms with Gasteiger partial charge < -0.3 is 5.73 Å². The number of aromatic nitrogens is 2. The molecule has 20 heavy (non-hydrogen) atoms. The number of rotatable bonds is 5. The summed E-state index contributed by atoms with van der Waals surface area (Å²) < 4.78 is 1.94. The predicted octanol–water partition coefficient (Wildman–Crippen LogP) is 1.14. The lowest BCUT2D eigenvalue weighted by atomic mass is 10.0. The summed E-state index contributed by atoms with van der Waals surface area (Å²) in [5.74, 6) is 0. The molecule has 2 rings (SSSR count). The number of nitrogens with zero attached hydrogens (tertiary/aromatic N) is 4. The van der Waals surface area contributed by atoms with Crippen molar-refractivity contribution < 1.29 is 0 Å². The smallest absolute Gasteiger partial charge is 0.0540 e. The van der Waals surface area contributed by atoms with Gasteiger partial charge in [0, 0.05) is 57.1 Å². The summed E-state index contributed by atoms with van der Waals surface area (Å²) in [6, 6.07) is 0.997. The van der Waals surface area contributed by atoms with Crippen molar-refractivity contribution in [1.82, 2.24) is 19.6 Å². The summed E-state index contributed by atoms with van der Waals surface area (Å²) in [5, 5.41) is 4.36. The minimum atomic E-state index is 0.308. The van der Waals surface area contributed by atoms with Gasteiger partial charge in [-0.2, -0.15) is 5.10 Å². The van der Waals surface area contributed by atoms with Crippen LogP contribution < -0.4 is 5.73 Å². The van der Waals surface area contributed by atoms with Crippen LogP contribution in [0.25, 0.3) is 0 Å². The molecule has 0 spiro atoms. The van der Waals surface area contributed by atoms with E-state index in [-0.39, 0.29) is 0 Å². The lowest BCUT2D eigenvalue weighted by Gasteiger charge is -2.41. The molecule has 1 aliphatic rings. The van der Waals surface area contributed by atoms with Crippen molar-refractivity contribution in [2.45, 2.75) is 39.3 Å². The number of hydrogen-bond donors (Lipinski definition) is 1. The van der Waals surface area contributed by atoms with E-state index in [9.17, 15) is 0 Å². The molecule has 5 nitrogen and oxygen atoms in total. The number of nitrogens with two attached hydrogens (primary N) is 1. The zero-order valence-corrected chi connectivity index (χ0v) is 13.3. The monoisotopic (exact) mass is 279 g/mol. The fourth-order valence-electron chi connectivity index (χ4n) is 3.06. The minimum Gasteiger partial charge on any atom is -0.329 e. The van der Waals surface area contributed by atoms with E-state index in [1.54, 1.807) is 0 Å². The maximum Gasteiger partial charge on any atom is 0.0540 e. The Balaban J connectivity index is 2.02. The molecule has 0 amide bonds. The van der Waals surface area contributed by atoms with Crippen LogP contribution in [-0.4, -0.2) is 58.3 Å². The fourth-order valence-corrected chi connectivity index (χ4v) is 3.06. The summed E-state index contributed by atoms with van der Waals surface area (Å²) >= 11 is 0. The standard InChI is InChI=1S/C15H29N5/c1-5-12(2)19-6-8-20(9-7-19)15(10-16)14-11-17-18(4)13(14)3/h11-12,15H,5-10,16H2,1-4H3. The van der Waals surface area contributed by atoms with Crippen LogP contribution in [0, 0.1) is 6.92 Å². The molecule has 5 heteroatoms. The Morgan fingerprint density at radius 2 is 1.85 bits per heavy atom. The van der Waals surface area contributed by atoms with E-state index in [2.05, 4.69) is 35.7 Å². The van der Waals surface area contributed by atoms with Crippen molar-refractivity contribution >= 4 is 0 Å². The van der Waals surface area contributed by atoms with Gasteiger partial charge in [0.15, 0.2) is 0 Å². The third-order valence-corrected chi connectivity index (χ3v) is 4.86. The first-order chi connectivity index (χ1) is 9.58. The Bertz CT molecular complexity index is 420. The maximum absolute atomic E-state index is 6.04. The van der Waals surface area contributed by atoms with Gasteiger partial charge in [-0.25, -0.2) is 0 Å². The number of hydrogen-bond acceptors (Lipinski definition) is 4. The highest BCUT2D eigenvalue weighted by Crippen LogP contribution is 2.24. The summed E-state index contributed by atoms with van der Waals surface area (Å²) in [4.78, 5) is 5.10. The molecular formula is C15H29N5. The minimum absolute atomic E-state index is 0.308. The lowest BCUT2D eigenvalue weighted by Crippen LogP contribution is -2.51. The second kappa shape index (κ2) is 6.70. The highest BCUT2D eigenvalue weighted by molar-refractivity contribution is 5.21. The van der Waals surface area contributed by atoms with Crippen LogP contribution in [0.2, 0.25) is 0 Å².